The fourth-order valence-electron chi connectivity index (χ4n) is 3.86. The molecule has 0 aliphatic carbocycles. The number of carbonyl (C=O) groups excluding carboxylic acids is 1. The lowest BCUT2D eigenvalue weighted by molar-refractivity contribution is 0.101. The maximum atomic E-state index is 13.6. The highest BCUT2D eigenvalue weighted by molar-refractivity contribution is 7.89. The molecular formula is C27H26N2O4S. The second-order valence-corrected chi connectivity index (χ2v) is 10.3. The Hall–Kier alpha value is -3.55. The van der Waals surface area contributed by atoms with E-state index in [1.807, 2.05) is 55.5 Å². The first-order valence-electron chi connectivity index (χ1n) is 11.0. The van der Waals surface area contributed by atoms with Crippen molar-refractivity contribution in [1.29, 1.82) is 0 Å². The van der Waals surface area contributed by atoms with Crippen molar-refractivity contribution < 1.29 is 13.2 Å². The van der Waals surface area contributed by atoms with Crippen LogP contribution in [0, 0.1) is 6.92 Å². The monoisotopic (exact) mass is 474 g/mol. The molecule has 0 bridgehead atoms. The Bertz CT molecular complexity index is 1490. The molecule has 174 valence electrons. The number of ketones is 1. The second-order valence-electron chi connectivity index (χ2n) is 8.37. The molecule has 0 aliphatic heterocycles. The standard InChI is InChI=1S/C27H26N2O4S/c1-19-8-9-23-17-24(27(31)28-26(23)16-19)18-29(15-14-21-6-4-3-5-7-21)34(32,33)25-12-10-22(11-13-25)20(2)30/h3-13,16-17H,14-15,18H2,1-2H3,(H,28,31). The zero-order valence-corrected chi connectivity index (χ0v) is 19.9. The van der Waals surface area contributed by atoms with Gasteiger partial charge in [-0.15, -0.1) is 0 Å². The number of aromatic amines is 1. The lowest BCUT2D eigenvalue weighted by Gasteiger charge is -2.22. The summed E-state index contributed by atoms with van der Waals surface area (Å²) in [5.74, 6) is -0.136. The van der Waals surface area contributed by atoms with Crippen molar-refractivity contribution in [2.45, 2.75) is 31.7 Å². The SMILES string of the molecule is CC(=O)c1ccc(S(=O)(=O)N(CCc2ccccc2)Cc2cc3ccc(C)cc3[nH]c2=O)cc1. The van der Waals surface area contributed by atoms with Crippen molar-refractivity contribution in [3.05, 3.63) is 111 Å². The van der Waals surface area contributed by atoms with Crippen molar-refractivity contribution in [3.8, 4) is 0 Å². The molecule has 0 spiro atoms. The number of nitrogens with zero attached hydrogens (tertiary/aromatic N) is 1. The normalized spacial score (nSPS) is 11.7. The number of sulfonamides is 1. The topological polar surface area (TPSA) is 87.3 Å². The molecule has 0 saturated carbocycles. The van der Waals surface area contributed by atoms with Gasteiger partial charge in [-0.2, -0.15) is 4.31 Å². The van der Waals surface area contributed by atoms with E-state index in [4.69, 9.17) is 0 Å². The number of Topliss-reactive ketones (excluding diaryl/α,β-unsaturated/α-hetero) is 1. The van der Waals surface area contributed by atoms with Crippen LogP contribution in [0.2, 0.25) is 0 Å². The van der Waals surface area contributed by atoms with Gasteiger partial charge in [0.2, 0.25) is 10.0 Å². The van der Waals surface area contributed by atoms with Crippen LogP contribution < -0.4 is 5.56 Å². The molecule has 1 heterocycles. The molecule has 4 rings (SSSR count). The van der Waals surface area contributed by atoms with Crippen molar-refractivity contribution >= 4 is 26.7 Å². The van der Waals surface area contributed by atoms with Gasteiger partial charge in [-0.05, 0) is 61.0 Å². The first-order valence-corrected chi connectivity index (χ1v) is 12.5. The number of hydrogen-bond acceptors (Lipinski definition) is 4. The van der Waals surface area contributed by atoms with Gasteiger partial charge < -0.3 is 4.98 Å². The summed E-state index contributed by atoms with van der Waals surface area (Å²) in [5, 5.41) is 0.839. The third-order valence-electron chi connectivity index (χ3n) is 5.82. The minimum atomic E-state index is -3.92. The van der Waals surface area contributed by atoms with Gasteiger partial charge in [0.05, 0.1) is 4.90 Å². The maximum Gasteiger partial charge on any atom is 0.252 e. The molecule has 0 saturated heterocycles. The number of hydrogen-bond donors (Lipinski definition) is 1. The molecule has 3 aromatic carbocycles. The number of aromatic nitrogens is 1. The van der Waals surface area contributed by atoms with Gasteiger partial charge in [-0.1, -0.05) is 54.6 Å². The van der Waals surface area contributed by atoms with Crippen LogP contribution in [0.3, 0.4) is 0 Å². The third-order valence-corrected chi connectivity index (χ3v) is 7.68. The minimum absolute atomic E-state index is 0.0667. The zero-order valence-electron chi connectivity index (χ0n) is 19.1. The number of rotatable bonds is 8. The van der Waals surface area contributed by atoms with Gasteiger partial charge in [-0.25, -0.2) is 8.42 Å². The summed E-state index contributed by atoms with van der Waals surface area (Å²) in [5.41, 5.74) is 3.23. The van der Waals surface area contributed by atoms with Gasteiger partial charge in [0.25, 0.3) is 5.56 Å². The van der Waals surface area contributed by atoms with Crippen LogP contribution in [-0.2, 0) is 23.0 Å². The Labute approximate surface area is 198 Å². The van der Waals surface area contributed by atoms with Crippen molar-refractivity contribution in [2.75, 3.05) is 6.54 Å². The Morgan fingerprint density at radius 3 is 2.32 bits per heavy atom. The van der Waals surface area contributed by atoms with Gasteiger partial charge in [0.15, 0.2) is 5.78 Å². The summed E-state index contributed by atoms with van der Waals surface area (Å²) >= 11 is 0. The molecule has 34 heavy (non-hydrogen) atoms. The van der Waals surface area contributed by atoms with Crippen LogP contribution in [0.15, 0.2) is 88.6 Å². The fourth-order valence-corrected chi connectivity index (χ4v) is 5.28. The maximum absolute atomic E-state index is 13.6. The Morgan fingerprint density at radius 2 is 1.65 bits per heavy atom. The summed E-state index contributed by atoms with van der Waals surface area (Å²) in [6.07, 6.45) is 0.496. The Balaban J connectivity index is 1.71. The molecule has 0 atom stereocenters. The summed E-state index contributed by atoms with van der Waals surface area (Å²) in [6.45, 7) is 3.51. The van der Waals surface area contributed by atoms with E-state index in [9.17, 15) is 18.0 Å². The molecule has 7 heteroatoms. The van der Waals surface area contributed by atoms with E-state index < -0.39 is 10.0 Å². The largest absolute Gasteiger partial charge is 0.322 e. The van der Waals surface area contributed by atoms with Crippen molar-refractivity contribution in [1.82, 2.24) is 9.29 Å². The van der Waals surface area contributed by atoms with Crippen molar-refractivity contribution in [3.63, 3.8) is 0 Å². The van der Waals surface area contributed by atoms with Crippen LogP contribution in [0.4, 0.5) is 0 Å². The predicted octanol–water partition coefficient (Wildman–Crippen LogP) is 4.47. The van der Waals surface area contributed by atoms with Crippen LogP contribution in [-0.4, -0.2) is 30.0 Å². The average molecular weight is 475 g/mol. The third kappa shape index (κ3) is 5.16. The van der Waals surface area contributed by atoms with E-state index in [-0.39, 0.29) is 29.3 Å². The molecule has 0 aliphatic rings. The molecule has 0 fully saturated rings. The minimum Gasteiger partial charge on any atom is -0.322 e. The van der Waals surface area contributed by atoms with E-state index in [1.54, 1.807) is 6.07 Å². The first-order chi connectivity index (χ1) is 16.2. The summed E-state index contributed by atoms with van der Waals surface area (Å²) < 4.78 is 28.5. The van der Waals surface area contributed by atoms with Gasteiger partial charge in [0.1, 0.15) is 0 Å². The van der Waals surface area contributed by atoms with E-state index >= 15 is 0 Å². The number of carbonyl (C=O) groups is 1. The van der Waals surface area contributed by atoms with E-state index in [1.165, 1.54) is 35.5 Å². The molecular weight excluding hydrogens is 448 g/mol. The lowest BCUT2D eigenvalue weighted by Crippen LogP contribution is -2.34. The lowest BCUT2D eigenvalue weighted by atomic mass is 10.1. The first kappa shape index (κ1) is 23.6. The number of benzene rings is 3. The predicted molar refractivity (Wildman–Crippen MR) is 133 cm³/mol. The van der Waals surface area contributed by atoms with Crippen molar-refractivity contribution in [2.24, 2.45) is 0 Å². The molecule has 0 amide bonds. The van der Waals surface area contributed by atoms with E-state index in [0.717, 1.165) is 16.5 Å². The molecule has 1 aromatic heterocycles. The molecule has 4 aromatic rings. The Kier molecular flexibility index (Phi) is 6.77. The quantitative estimate of drug-likeness (QED) is 0.382. The van der Waals surface area contributed by atoms with Gasteiger partial charge in [0, 0.05) is 29.7 Å². The van der Waals surface area contributed by atoms with Crippen LogP contribution in [0.5, 0.6) is 0 Å². The highest BCUT2D eigenvalue weighted by Gasteiger charge is 2.26. The average Bonchev–Trinajstić information content (AvgIpc) is 2.82. The molecule has 1 N–H and O–H groups in total. The highest BCUT2D eigenvalue weighted by atomic mass is 32.2. The summed E-state index contributed by atoms with van der Waals surface area (Å²) in [4.78, 5) is 27.4. The summed E-state index contributed by atoms with van der Waals surface area (Å²) in [6, 6.07) is 23.0. The van der Waals surface area contributed by atoms with Gasteiger partial charge in [-0.3, -0.25) is 9.59 Å². The Morgan fingerprint density at radius 1 is 0.941 bits per heavy atom. The number of nitrogens with one attached hydrogen (secondary N) is 1. The van der Waals surface area contributed by atoms with Gasteiger partial charge >= 0.3 is 0 Å². The van der Waals surface area contributed by atoms with Crippen LogP contribution in [0.1, 0.15) is 34.0 Å². The molecule has 6 nitrogen and oxygen atoms in total. The smallest absolute Gasteiger partial charge is 0.252 e. The highest BCUT2D eigenvalue weighted by Crippen LogP contribution is 2.21. The number of aryl methyl sites for hydroxylation is 1. The van der Waals surface area contributed by atoms with E-state index in [2.05, 4.69) is 4.98 Å². The molecule has 0 radical (unpaired) electrons. The van der Waals surface area contributed by atoms with Crippen LogP contribution in [0.25, 0.3) is 10.9 Å². The number of pyridine rings is 1. The second kappa shape index (κ2) is 9.75. The summed E-state index contributed by atoms with van der Waals surface area (Å²) in [7, 11) is -3.92. The molecule has 0 unspecified atom stereocenters. The van der Waals surface area contributed by atoms with E-state index in [0.29, 0.717) is 23.1 Å². The number of fused-ring (bicyclic) bond motifs is 1. The number of H-pyrrole nitrogens is 1. The van der Waals surface area contributed by atoms with Crippen LogP contribution >= 0.6 is 0 Å². The zero-order chi connectivity index (χ0) is 24.3. The fraction of sp³-hybridized carbons (Fsp3) is 0.185.